The van der Waals surface area contributed by atoms with E-state index in [-0.39, 0.29) is 11.9 Å². The smallest absolute Gasteiger partial charge is 0.216 e. The first-order chi connectivity index (χ1) is 9.15. The Balaban J connectivity index is 2.02. The lowest BCUT2D eigenvalue weighted by Gasteiger charge is -2.26. The number of aromatic nitrogens is 2. The van der Waals surface area contributed by atoms with Crippen molar-refractivity contribution in [3.63, 3.8) is 0 Å². The van der Waals surface area contributed by atoms with Crippen LogP contribution >= 0.6 is 0 Å². The highest BCUT2D eigenvalue weighted by Gasteiger charge is 2.23. The molecule has 0 radical (unpaired) electrons. The van der Waals surface area contributed by atoms with Gasteiger partial charge in [0.1, 0.15) is 12.4 Å². The number of amides is 1. The number of carbonyl (C=O) groups is 1. The molecule has 0 unspecified atom stereocenters. The van der Waals surface area contributed by atoms with Crippen molar-refractivity contribution in [2.24, 2.45) is 0 Å². The molecule has 0 saturated carbocycles. The van der Waals surface area contributed by atoms with E-state index in [0.29, 0.717) is 19.8 Å². The van der Waals surface area contributed by atoms with Gasteiger partial charge in [0.2, 0.25) is 5.91 Å². The second-order valence-corrected chi connectivity index (χ2v) is 5.00. The molecule has 19 heavy (non-hydrogen) atoms. The van der Waals surface area contributed by atoms with Crippen LogP contribution in [0.25, 0.3) is 11.0 Å². The average molecular weight is 259 g/mol. The molecule has 2 heterocycles. The Morgan fingerprint density at radius 2 is 2.42 bits per heavy atom. The van der Waals surface area contributed by atoms with Gasteiger partial charge in [-0.1, -0.05) is 6.07 Å². The van der Waals surface area contributed by atoms with Crippen molar-refractivity contribution >= 4 is 16.9 Å². The zero-order valence-electron chi connectivity index (χ0n) is 11.1. The standard InChI is InChI=1S/C14H17N3O2/c1-9-3-4-13-12(5-9)16-14-8-19-7-11(17(13)14)6-15-10(2)18/h3-5,11H,6-8H2,1-2H3,(H,15,18)/t11-/m0/s1. The number of hydrogen-bond acceptors (Lipinski definition) is 3. The van der Waals surface area contributed by atoms with Crippen molar-refractivity contribution in [2.45, 2.75) is 26.5 Å². The van der Waals surface area contributed by atoms with Crippen LogP contribution in [0.5, 0.6) is 0 Å². The number of aryl methyl sites for hydroxylation is 1. The topological polar surface area (TPSA) is 56.1 Å². The van der Waals surface area contributed by atoms with Gasteiger partial charge in [-0.3, -0.25) is 4.79 Å². The van der Waals surface area contributed by atoms with Crippen LogP contribution in [0.3, 0.4) is 0 Å². The van der Waals surface area contributed by atoms with Crippen LogP contribution in [0, 0.1) is 6.92 Å². The van der Waals surface area contributed by atoms with Gasteiger partial charge in [0.15, 0.2) is 0 Å². The van der Waals surface area contributed by atoms with E-state index in [0.717, 1.165) is 16.9 Å². The third kappa shape index (κ3) is 2.21. The fourth-order valence-electron chi connectivity index (χ4n) is 2.54. The molecular weight excluding hydrogens is 242 g/mol. The van der Waals surface area contributed by atoms with E-state index in [4.69, 9.17) is 4.74 Å². The number of nitrogens with zero attached hydrogens (tertiary/aromatic N) is 2. The zero-order chi connectivity index (χ0) is 13.4. The van der Waals surface area contributed by atoms with Crippen LogP contribution in [0.15, 0.2) is 18.2 Å². The number of benzene rings is 1. The molecular formula is C14H17N3O2. The summed E-state index contributed by atoms with van der Waals surface area (Å²) in [4.78, 5) is 15.7. The molecule has 1 aliphatic heterocycles. The summed E-state index contributed by atoms with van der Waals surface area (Å²) in [7, 11) is 0. The number of carbonyl (C=O) groups excluding carboxylic acids is 1. The number of nitrogens with one attached hydrogen (secondary N) is 1. The molecule has 0 fully saturated rings. The lowest BCUT2D eigenvalue weighted by molar-refractivity contribution is -0.119. The molecule has 2 aromatic rings. The molecule has 1 atom stereocenters. The molecule has 100 valence electrons. The highest BCUT2D eigenvalue weighted by atomic mass is 16.5. The van der Waals surface area contributed by atoms with E-state index in [2.05, 4.69) is 40.0 Å². The number of fused-ring (bicyclic) bond motifs is 3. The molecule has 0 spiro atoms. The lowest BCUT2D eigenvalue weighted by atomic mass is 10.2. The molecule has 0 bridgehead atoms. The van der Waals surface area contributed by atoms with E-state index in [9.17, 15) is 4.79 Å². The molecule has 5 nitrogen and oxygen atoms in total. The van der Waals surface area contributed by atoms with Crippen molar-refractivity contribution in [3.05, 3.63) is 29.6 Å². The van der Waals surface area contributed by atoms with Gasteiger partial charge in [0.05, 0.1) is 23.7 Å². The van der Waals surface area contributed by atoms with Gasteiger partial charge in [0.25, 0.3) is 0 Å². The van der Waals surface area contributed by atoms with Gasteiger partial charge in [-0.2, -0.15) is 0 Å². The van der Waals surface area contributed by atoms with Crippen molar-refractivity contribution in [1.29, 1.82) is 0 Å². The molecule has 0 aliphatic carbocycles. The molecule has 0 saturated heterocycles. The van der Waals surface area contributed by atoms with Gasteiger partial charge in [-0.25, -0.2) is 4.98 Å². The van der Waals surface area contributed by atoms with Crippen LogP contribution < -0.4 is 5.32 Å². The maximum absolute atomic E-state index is 11.1. The monoisotopic (exact) mass is 259 g/mol. The Bertz CT molecular complexity index is 633. The normalized spacial score (nSPS) is 18.3. The van der Waals surface area contributed by atoms with Crippen LogP contribution in [0.2, 0.25) is 0 Å². The highest BCUT2D eigenvalue weighted by Crippen LogP contribution is 2.26. The van der Waals surface area contributed by atoms with Crippen LogP contribution in [0.1, 0.15) is 24.4 Å². The number of ether oxygens (including phenoxy) is 1. The number of hydrogen-bond donors (Lipinski definition) is 1. The molecule has 3 rings (SSSR count). The maximum atomic E-state index is 11.1. The highest BCUT2D eigenvalue weighted by molar-refractivity contribution is 5.77. The predicted molar refractivity (Wildman–Crippen MR) is 71.8 cm³/mol. The number of rotatable bonds is 2. The Labute approximate surface area is 111 Å². The Morgan fingerprint density at radius 1 is 1.58 bits per heavy atom. The Morgan fingerprint density at radius 3 is 3.21 bits per heavy atom. The first kappa shape index (κ1) is 12.2. The van der Waals surface area contributed by atoms with E-state index < -0.39 is 0 Å². The summed E-state index contributed by atoms with van der Waals surface area (Å²) in [6, 6.07) is 6.37. The summed E-state index contributed by atoms with van der Waals surface area (Å²) in [6.07, 6.45) is 0. The van der Waals surface area contributed by atoms with Crippen molar-refractivity contribution in [2.75, 3.05) is 13.2 Å². The van der Waals surface area contributed by atoms with Crippen molar-refractivity contribution in [3.8, 4) is 0 Å². The van der Waals surface area contributed by atoms with Gasteiger partial charge < -0.3 is 14.6 Å². The van der Waals surface area contributed by atoms with Crippen LogP contribution in [-0.4, -0.2) is 28.6 Å². The first-order valence-corrected chi connectivity index (χ1v) is 6.45. The van der Waals surface area contributed by atoms with Crippen molar-refractivity contribution in [1.82, 2.24) is 14.9 Å². The molecule has 1 aromatic carbocycles. The summed E-state index contributed by atoms with van der Waals surface area (Å²) >= 11 is 0. The molecule has 1 aliphatic rings. The molecule has 1 aromatic heterocycles. The van der Waals surface area contributed by atoms with Crippen molar-refractivity contribution < 1.29 is 9.53 Å². The first-order valence-electron chi connectivity index (χ1n) is 6.45. The summed E-state index contributed by atoms with van der Waals surface area (Å²) in [6.45, 7) is 5.29. The SMILES string of the molecule is CC(=O)NC[C@H]1COCc2nc3cc(C)ccc3n21. The minimum absolute atomic E-state index is 0.0209. The Kier molecular flexibility index (Phi) is 2.98. The fourth-order valence-corrected chi connectivity index (χ4v) is 2.54. The second kappa shape index (κ2) is 4.66. The molecule has 5 heteroatoms. The predicted octanol–water partition coefficient (Wildman–Crippen LogP) is 1.55. The third-order valence-electron chi connectivity index (χ3n) is 3.41. The van der Waals surface area contributed by atoms with E-state index in [1.165, 1.54) is 12.5 Å². The minimum Gasteiger partial charge on any atom is -0.371 e. The summed E-state index contributed by atoms with van der Waals surface area (Å²) in [5.74, 6) is 0.912. The van der Waals surface area contributed by atoms with Gasteiger partial charge in [-0.05, 0) is 24.6 Å². The summed E-state index contributed by atoms with van der Waals surface area (Å²) in [5.41, 5.74) is 3.30. The van der Waals surface area contributed by atoms with E-state index in [1.54, 1.807) is 0 Å². The van der Waals surface area contributed by atoms with Crippen LogP contribution in [-0.2, 0) is 16.1 Å². The van der Waals surface area contributed by atoms with Gasteiger partial charge >= 0.3 is 0 Å². The van der Waals surface area contributed by atoms with E-state index in [1.807, 2.05) is 0 Å². The van der Waals surface area contributed by atoms with E-state index >= 15 is 0 Å². The fraction of sp³-hybridized carbons (Fsp3) is 0.429. The second-order valence-electron chi connectivity index (χ2n) is 5.00. The lowest BCUT2D eigenvalue weighted by Crippen LogP contribution is -2.34. The molecule has 1 amide bonds. The molecule has 1 N–H and O–H groups in total. The summed E-state index contributed by atoms with van der Waals surface area (Å²) in [5, 5.41) is 2.85. The third-order valence-corrected chi connectivity index (χ3v) is 3.41. The van der Waals surface area contributed by atoms with Gasteiger partial charge in [0, 0.05) is 13.5 Å². The number of imidazole rings is 1. The zero-order valence-corrected chi connectivity index (χ0v) is 11.1. The summed E-state index contributed by atoms with van der Waals surface area (Å²) < 4.78 is 7.75. The van der Waals surface area contributed by atoms with Gasteiger partial charge in [-0.15, -0.1) is 0 Å². The van der Waals surface area contributed by atoms with Crippen LogP contribution in [0.4, 0.5) is 0 Å². The largest absolute Gasteiger partial charge is 0.371 e. The Hall–Kier alpha value is -1.88. The maximum Gasteiger partial charge on any atom is 0.216 e. The minimum atomic E-state index is -0.0209. The quantitative estimate of drug-likeness (QED) is 0.890. The average Bonchev–Trinajstić information content (AvgIpc) is 2.73.